The molecule has 0 heterocycles. The molecule has 0 spiro atoms. The van der Waals surface area contributed by atoms with Gasteiger partial charge < -0.3 is 85.2 Å². The molecule has 440 valence electrons. The third kappa shape index (κ3) is 29.6. The molecule has 4 rings (SSSR count). The first-order chi connectivity index (χ1) is 37.1. The zero-order valence-corrected chi connectivity index (χ0v) is 55.3. The Kier molecular flexibility index (Phi) is 42.4. The van der Waals surface area contributed by atoms with Gasteiger partial charge in [-0.1, -0.05) is 48.5 Å². The summed E-state index contributed by atoms with van der Waals surface area (Å²) in [5.74, 6) is 0. The maximum absolute atomic E-state index is 5.84. The van der Waals surface area contributed by atoms with E-state index in [4.69, 9.17) is 80.5 Å². The predicted octanol–water partition coefficient (Wildman–Crippen LogP) is 7.31. The minimum atomic E-state index is -2.78. The molecule has 77 heavy (non-hydrogen) atoms. The van der Waals surface area contributed by atoms with Gasteiger partial charge in [0.2, 0.25) is 0 Å². The Morgan fingerprint density at radius 1 is 0.377 bits per heavy atom. The molecule has 0 bridgehead atoms. The van der Waals surface area contributed by atoms with Gasteiger partial charge in [0.05, 0.1) is 13.2 Å². The Hall–Kier alpha value is -3.40. The fourth-order valence-corrected chi connectivity index (χ4v) is 17.3. The summed E-state index contributed by atoms with van der Waals surface area (Å²) in [6.45, 7) is 24.7. The first-order valence-electron chi connectivity index (χ1n) is 26.9. The summed E-state index contributed by atoms with van der Waals surface area (Å²) in [5.41, 5.74) is 28.4. The highest BCUT2D eigenvalue weighted by molar-refractivity contribution is 6.76. The number of benzene rings is 4. The lowest BCUT2D eigenvalue weighted by molar-refractivity contribution is 0.0700. The van der Waals surface area contributed by atoms with Crippen LogP contribution in [-0.2, 0) is 75.1 Å². The van der Waals surface area contributed by atoms with Crippen molar-refractivity contribution in [3.63, 3.8) is 0 Å². The van der Waals surface area contributed by atoms with E-state index in [2.05, 4.69) is 29.0 Å². The Bertz CT molecular complexity index is 1880. The number of anilines is 4. The number of methoxy groups -OCH3 is 1. The summed E-state index contributed by atoms with van der Waals surface area (Å²) < 4.78 is 77.8. The second-order valence-electron chi connectivity index (χ2n) is 16.4. The molecular weight excluding hydrogens is 1070 g/mol. The zero-order valence-electron chi connectivity index (χ0n) is 49.3. The summed E-state index contributed by atoms with van der Waals surface area (Å²) in [4.78, 5) is 0. The van der Waals surface area contributed by atoms with Crippen molar-refractivity contribution in [1.82, 2.24) is 0 Å². The maximum atomic E-state index is 5.84. The van der Waals surface area contributed by atoms with Gasteiger partial charge in [-0.05, 0) is 148 Å². The van der Waals surface area contributed by atoms with Crippen LogP contribution in [0, 0.1) is 0 Å². The smallest absolute Gasteiger partial charge is 0.426 e. The lowest BCUT2D eigenvalue weighted by Crippen LogP contribution is -2.56. The molecule has 0 unspecified atom stereocenters. The van der Waals surface area contributed by atoms with Crippen molar-refractivity contribution in [2.75, 3.05) is 124 Å². The van der Waals surface area contributed by atoms with Crippen molar-refractivity contribution >= 4 is 78.8 Å². The number of hydrogen-bond acceptors (Lipinski definition) is 18. The number of hydrogen-bond donors (Lipinski definition) is 4. The number of rotatable bonds is 34. The molecule has 18 nitrogen and oxygen atoms in total. The molecule has 8 N–H and O–H groups in total. The van der Waals surface area contributed by atoms with Crippen LogP contribution in [0.5, 0.6) is 0 Å². The van der Waals surface area contributed by atoms with Gasteiger partial charge >= 0.3 is 35.2 Å². The van der Waals surface area contributed by atoms with Gasteiger partial charge in [0, 0.05) is 133 Å². The van der Waals surface area contributed by atoms with Crippen molar-refractivity contribution in [3.8, 4) is 0 Å². The van der Waals surface area contributed by atoms with Crippen molar-refractivity contribution in [2.24, 2.45) is 0 Å². The highest BCUT2D eigenvalue weighted by Gasteiger charge is 2.44. The van der Waals surface area contributed by atoms with E-state index in [1.54, 1.807) is 28.4 Å². The maximum Gasteiger partial charge on any atom is 0.537 e. The van der Waals surface area contributed by atoms with Gasteiger partial charge in [-0.25, -0.2) is 0 Å². The molecule has 23 heteroatoms. The van der Waals surface area contributed by atoms with Crippen molar-refractivity contribution in [1.29, 1.82) is 0 Å². The van der Waals surface area contributed by atoms with Gasteiger partial charge in [0.25, 0.3) is 0 Å². The van der Waals surface area contributed by atoms with Crippen molar-refractivity contribution in [3.05, 3.63) is 108 Å². The number of aryl methyl sites for hydroxylation is 2. The van der Waals surface area contributed by atoms with E-state index >= 15 is 0 Å². The summed E-state index contributed by atoms with van der Waals surface area (Å²) in [5, 5.41) is 1.79. The van der Waals surface area contributed by atoms with E-state index < -0.39 is 35.2 Å². The molecule has 0 saturated carbocycles. The van der Waals surface area contributed by atoms with Crippen molar-refractivity contribution in [2.45, 2.75) is 100 Å². The number of nitrogen functional groups attached to an aromatic ring is 4. The monoisotopic (exact) mass is 1170 g/mol. The van der Waals surface area contributed by atoms with E-state index in [0.29, 0.717) is 70.8 Å². The minimum absolute atomic E-state index is 0.557. The summed E-state index contributed by atoms with van der Waals surface area (Å²) >= 11 is 0. The van der Waals surface area contributed by atoms with Gasteiger partial charge in [-0.15, -0.1) is 0 Å². The van der Waals surface area contributed by atoms with Crippen LogP contribution < -0.4 is 33.3 Å². The number of ether oxygens (including phenoxy) is 1. The fourth-order valence-electron chi connectivity index (χ4n) is 7.56. The van der Waals surface area contributed by atoms with Crippen LogP contribution in [0.25, 0.3) is 0 Å². The van der Waals surface area contributed by atoms with Gasteiger partial charge in [0.15, 0.2) is 0 Å². The van der Waals surface area contributed by atoms with Crippen LogP contribution in [0.4, 0.5) is 22.7 Å². The highest BCUT2D eigenvalue weighted by atomic mass is 28.4. The lowest BCUT2D eigenvalue weighted by Gasteiger charge is -2.28. The van der Waals surface area contributed by atoms with E-state index in [9.17, 15) is 0 Å². The van der Waals surface area contributed by atoms with E-state index in [1.807, 2.05) is 135 Å². The molecule has 0 saturated heterocycles. The molecule has 0 amide bonds. The first-order valence-corrected chi connectivity index (χ1v) is 35.0. The summed E-state index contributed by atoms with van der Waals surface area (Å²) in [6.07, 6.45) is 3.97. The van der Waals surface area contributed by atoms with Gasteiger partial charge in [-0.3, -0.25) is 0 Å². The van der Waals surface area contributed by atoms with Crippen LogP contribution in [-0.4, -0.2) is 147 Å². The highest BCUT2D eigenvalue weighted by Crippen LogP contribution is 2.22. The van der Waals surface area contributed by atoms with Crippen molar-refractivity contribution < 1.29 is 62.3 Å². The second kappa shape index (κ2) is 44.4. The predicted molar refractivity (Wildman–Crippen MR) is 325 cm³/mol. The molecule has 0 atom stereocenters. The second-order valence-corrected chi connectivity index (χ2v) is 27.9. The minimum Gasteiger partial charge on any atom is -0.426 e. The third-order valence-electron chi connectivity index (χ3n) is 10.8. The lowest BCUT2D eigenvalue weighted by atomic mass is 10.1. The molecule has 0 aromatic heterocycles. The van der Waals surface area contributed by atoms with Gasteiger partial charge in [-0.2, -0.15) is 0 Å². The van der Waals surface area contributed by atoms with E-state index in [0.717, 1.165) is 83.2 Å². The molecule has 4 aromatic rings. The Labute approximate surface area is 471 Å². The topological polar surface area (TPSA) is 233 Å². The average Bonchev–Trinajstić information content (AvgIpc) is 3.41. The Morgan fingerprint density at radius 2 is 0.688 bits per heavy atom. The Morgan fingerprint density at radius 3 is 0.935 bits per heavy atom. The molecule has 0 aliphatic rings. The van der Waals surface area contributed by atoms with Crippen LogP contribution >= 0.6 is 0 Å². The molecule has 4 aromatic carbocycles. The molecule has 0 fully saturated rings. The van der Waals surface area contributed by atoms with Crippen LogP contribution in [0.15, 0.2) is 97.1 Å². The van der Waals surface area contributed by atoms with Crippen LogP contribution in [0.2, 0.25) is 12.1 Å². The Balaban J connectivity index is 0.000000971. The van der Waals surface area contributed by atoms with Gasteiger partial charge in [0.1, 0.15) is 10.5 Å². The summed E-state index contributed by atoms with van der Waals surface area (Å²) in [7, 11) is -3.25. The normalized spacial score (nSPS) is 11.5. The SMILES string of the molecule is CCO[Si](CCCc1ccc(N)cc1)(OCC)OCC.CCO[Si](CCCc1ccc(N)cc1)(OCC)OCC.CCO[Si](OCC)(OCC)c1cccc(N)c1.COCCO[SiH3].CO[Si](OC)(OC)c1cccc(N)c1. The summed E-state index contributed by atoms with van der Waals surface area (Å²) in [6, 6.07) is 32.6. The van der Waals surface area contributed by atoms with Crippen LogP contribution in [0.1, 0.15) is 86.3 Å². The first kappa shape index (κ1) is 73.6. The largest absolute Gasteiger partial charge is 0.537 e. The van der Waals surface area contributed by atoms with E-state index in [1.165, 1.54) is 11.1 Å². The fraction of sp³-hybridized carbons (Fsp3) is 0.556. The molecule has 0 radical (unpaired) electrons. The standard InChI is InChI=1S/2C15H27NO3Si.C12H21NO3Si.C9H15NO3Si.C3H10O2Si/c2*1-4-17-20(18-5-2,19-6-3)13-7-8-14-9-11-15(16)12-10-14;1-4-14-17(15-5-2,16-6-3)12-9-7-8-11(13)10-12;1-11-14(12-2,13-3)9-6-4-5-8(10)7-9;1-4-2-3-5-6/h2*9-12H,4-8,13,16H2,1-3H3;7-10H,4-6,13H2,1-3H3;4-7H,10H2,1-3H3;2-3H2,1,6H3. The third-order valence-corrected chi connectivity index (χ3v) is 23.2. The quantitative estimate of drug-likeness (QED) is 0.0204. The average molecular weight is 1170 g/mol. The molecule has 0 aliphatic heterocycles. The van der Waals surface area contributed by atoms with Crippen LogP contribution in [0.3, 0.4) is 0 Å². The molecule has 0 aliphatic carbocycles. The zero-order chi connectivity index (χ0) is 57.9. The number of nitrogens with two attached hydrogens (primary N) is 4. The van der Waals surface area contributed by atoms with E-state index in [-0.39, 0.29) is 0 Å². The molecular formula is C54H100N4O14Si5.